The average Bonchev–Trinajstić information content (AvgIpc) is 2.67. The van der Waals surface area contributed by atoms with Crippen molar-refractivity contribution in [3.63, 3.8) is 0 Å². The lowest BCUT2D eigenvalue weighted by Gasteiger charge is -2.13. The van der Waals surface area contributed by atoms with Gasteiger partial charge in [-0.1, -0.05) is 51.9 Å². The lowest BCUT2D eigenvalue weighted by Crippen LogP contribution is -2.04. The van der Waals surface area contributed by atoms with Gasteiger partial charge in [-0.2, -0.15) is 0 Å². The van der Waals surface area contributed by atoms with Gasteiger partial charge in [-0.3, -0.25) is 4.79 Å². The Labute approximate surface area is 175 Å². The molecular formula is C25H30O2S. The Bertz CT molecular complexity index is 795. The van der Waals surface area contributed by atoms with E-state index in [1.54, 1.807) is 12.1 Å². The molecule has 3 heteroatoms. The normalized spacial score (nSPS) is 11.6. The third kappa shape index (κ3) is 8.23. The largest absolute Gasteiger partial charge is 0.494 e. The summed E-state index contributed by atoms with van der Waals surface area (Å²) < 4.78 is 5.87. The maximum absolute atomic E-state index is 11.2. The van der Waals surface area contributed by atoms with Gasteiger partial charge in [0.25, 0.3) is 0 Å². The first kappa shape index (κ1) is 22.1. The highest BCUT2D eigenvalue weighted by molar-refractivity contribution is 7.97. The molecule has 0 aliphatic rings. The van der Waals surface area contributed by atoms with E-state index in [2.05, 4.69) is 45.2 Å². The predicted molar refractivity (Wildman–Crippen MR) is 120 cm³/mol. The lowest BCUT2D eigenvalue weighted by molar-refractivity contribution is 0.109. The minimum absolute atomic E-state index is 0.236. The highest BCUT2D eigenvalue weighted by atomic mass is 32.1. The van der Waals surface area contributed by atoms with Crippen molar-refractivity contribution in [1.29, 1.82) is 0 Å². The number of thiol groups is 1. The Morgan fingerprint density at radius 3 is 2.00 bits per heavy atom. The van der Waals surface area contributed by atoms with E-state index in [0.29, 0.717) is 11.5 Å². The van der Waals surface area contributed by atoms with E-state index in [1.165, 1.54) is 19.3 Å². The molecule has 0 bridgehead atoms. The molecule has 2 aromatic rings. The fourth-order valence-electron chi connectivity index (χ4n) is 2.87. The number of hydrogen-bond acceptors (Lipinski definition) is 2. The zero-order valence-corrected chi connectivity index (χ0v) is 18.0. The molecule has 2 aromatic carbocycles. The fourth-order valence-corrected chi connectivity index (χ4v) is 3.02. The number of carbonyl (C=O) groups is 1. The summed E-state index contributed by atoms with van der Waals surface area (Å²) in [5.74, 6) is 8.62. The molecule has 2 nitrogen and oxygen atoms in total. The SMILES string of the molecule is CC(C)CCCC(C)CCOc1ccc(C#Cc2ccc(C(=O)S)cc2)cc1. The van der Waals surface area contributed by atoms with Crippen LogP contribution >= 0.6 is 12.6 Å². The van der Waals surface area contributed by atoms with Crippen molar-refractivity contribution in [2.75, 3.05) is 6.61 Å². The monoisotopic (exact) mass is 394 g/mol. The second-order valence-electron chi connectivity index (χ2n) is 7.72. The van der Waals surface area contributed by atoms with Crippen LogP contribution in [-0.4, -0.2) is 11.7 Å². The molecule has 148 valence electrons. The summed E-state index contributed by atoms with van der Waals surface area (Å²) in [6.07, 6.45) is 4.98. The highest BCUT2D eigenvalue weighted by Gasteiger charge is 2.04. The zero-order chi connectivity index (χ0) is 20.4. The summed E-state index contributed by atoms with van der Waals surface area (Å²) in [4.78, 5) is 11.2. The first-order valence-electron chi connectivity index (χ1n) is 10.0. The molecule has 0 saturated carbocycles. The molecule has 1 atom stereocenters. The second-order valence-corrected chi connectivity index (χ2v) is 8.13. The summed E-state index contributed by atoms with van der Waals surface area (Å²) in [5.41, 5.74) is 2.37. The van der Waals surface area contributed by atoms with Crippen molar-refractivity contribution >= 4 is 17.7 Å². The predicted octanol–water partition coefficient (Wildman–Crippen LogP) is 6.39. The Balaban J connectivity index is 1.78. The molecule has 2 rings (SSSR count). The van der Waals surface area contributed by atoms with E-state index in [4.69, 9.17) is 4.74 Å². The molecular weight excluding hydrogens is 364 g/mol. The molecule has 0 spiro atoms. The van der Waals surface area contributed by atoms with Crippen molar-refractivity contribution in [3.8, 4) is 17.6 Å². The zero-order valence-electron chi connectivity index (χ0n) is 17.1. The van der Waals surface area contributed by atoms with Gasteiger partial charge >= 0.3 is 0 Å². The first-order chi connectivity index (χ1) is 13.4. The fraction of sp³-hybridized carbons (Fsp3) is 0.400. The summed E-state index contributed by atoms with van der Waals surface area (Å²) in [7, 11) is 0. The maximum Gasteiger partial charge on any atom is 0.216 e. The molecule has 0 amide bonds. The summed E-state index contributed by atoms with van der Waals surface area (Å²) >= 11 is 3.81. The Kier molecular flexibility index (Phi) is 9.17. The number of benzene rings is 2. The van der Waals surface area contributed by atoms with Crippen LogP contribution in [0.3, 0.4) is 0 Å². The summed E-state index contributed by atoms with van der Waals surface area (Å²) in [5, 5.41) is -0.236. The van der Waals surface area contributed by atoms with Crippen LogP contribution in [0.2, 0.25) is 0 Å². The Morgan fingerprint density at radius 1 is 0.893 bits per heavy atom. The van der Waals surface area contributed by atoms with Crippen molar-refractivity contribution in [3.05, 3.63) is 65.2 Å². The minimum Gasteiger partial charge on any atom is -0.494 e. The van der Waals surface area contributed by atoms with Crippen molar-refractivity contribution < 1.29 is 9.53 Å². The summed E-state index contributed by atoms with van der Waals surface area (Å²) in [6, 6.07) is 15.0. The molecule has 0 aliphatic heterocycles. The van der Waals surface area contributed by atoms with E-state index < -0.39 is 0 Å². The van der Waals surface area contributed by atoms with Crippen LogP contribution in [0.1, 0.15) is 67.9 Å². The molecule has 1 unspecified atom stereocenters. The van der Waals surface area contributed by atoms with Gasteiger partial charge in [-0.25, -0.2) is 0 Å². The second kappa shape index (κ2) is 11.6. The van der Waals surface area contributed by atoms with Crippen molar-refractivity contribution in [2.45, 2.75) is 46.5 Å². The van der Waals surface area contributed by atoms with Crippen LogP contribution in [0, 0.1) is 23.7 Å². The number of carbonyl (C=O) groups excluding carboxylic acids is 1. The first-order valence-corrected chi connectivity index (χ1v) is 10.5. The quantitative estimate of drug-likeness (QED) is 0.394. The van der Waals surface area contributed by atoms with E-state index in [0.717, 1.165) is 35.8 Å². The average molecular weight is 395 g/mol. The molecule has 0 N–H and O–H groups in total. The van der Waals surface area contributed by atoms with E-state index in [1.807, 2.05) is 36.4 Å². The topological polar surface area (TPSA) is 26.3 Å². The van der Waals surface area contributed by atoms with Gasteiger partial charge in [0.2, 0.25) is 5.12 Å². The van der Waals surface area contributed by atoms with Gasteiger partial charge in [-0.15, -0.1) is 12.6 Å². The van der Waals surface area contributed by atoms with Gasteiger partial charge in [-0.05, 0) is 66.8 Å². The molecule has 0 saturated heterocycles. The van der Waals surface area contributed by atoms with Gasteiger partial charge in [0.1, 0.15) is 5.75 Å². The maximum atomic E-state index is 11.2. The highest BCUT2D eigenvalue weighted by Crippen LogP contribution is 2.17. The third-order valence-electron chi connectivity index (χ3n) is 4.70. The van der Waals surface area contributed by atoms with Gasteiger partial charge in [0, 0.05) is 16.7 Å². The van der Waals surface area contributed by atoms with Crippen LogP contribution in [0.5, 0.6) is 5.75 Å². The van der Waals surface area contributed by atoms with E-state index in [9.17, 15) is 4.79 Å². The molecule has 0 aromatic heterocycles. The Morgan fingerprint density at radius 2 is 1.46 bits per heavy atom. The smallest absolute Gasteiger partial charge is 0.216 e. The third-order valence-corrected chi connectivity index (χ3v) is 4.95. The number of hydrogen-bond donors (Lipinski definition) is 1. The molecule has 0 radical (unpaired) electrons. The van der Waals surface area contributed by atoms with Crippen LogP contribution in [0.4, 0.5) is 0 Å². The van der Waals surface area contributed by atoms with Crippen molar-refractivity contribution in [2.24, 2.45) is 11.8 Å². The summed E-state index contributed by atoms with van der Waals surface area (Å²) in [6.45, 7) is 7.62. The van der Waals surface area contributed by atoms with Crippen molar-refractivity contribution in [1.82, 2.24) is 0 Å². The van der Waals surface area contributed by atoms with Crippen LogP contribution < -0.4 is 4.74 Å². The molecule has 0 aliphatic carbocycles. The van der Waals surface area contributed by atoms with E-state index in [-0.39, 0.29) is 5.12 Å². The molecule has 0 fully saturated rings. The minimum atomic E-state index is -0.236. The Hall–Kier alpha value is -2.18. The molecule has 0 heterocycles. The van der Waals surface area contributed by atoms with Crippen LogP contribution in [0.15, 0.2) is 48.5 Å². The van der Waals surface area contributed by atoms with Gasteiger partial charge < -0.3 is 4.74 Å². The van der Waals surface area contributed by atoms with Crippen LogP contribution in [0.25, 0.3) is 0 Å². The van der Waals surface area contributed by atoms with Gasteiger partial charge in [0.05, 0.1) is 6.61 Å². The van der Waals surface area contributed by atoms with E-state index >= 15 is 0 Å². The number of rotatable bonds is 9. The lowest BCUT2D eigenvalue weighted by atomic mass is 9.98. The van der Waals surface area contributed by atoms with Gasteiger partial charge in [0.15, 0.2) is 0 Å². The standard InChI is InChI=1S/C25H30O2S/c1-19(2)5-4-6-20(3)17-18-27-24-15-11-22(12-16-24)8-7-21-9-13-23(14-10-21)25(26)28/h9-16,19-20H,4-6,17-18H2,1-3H3,(H,26,28). The van der Waals surface area contributed by atoms with Crippen LogP contribution in [-0.2, 0) is 0 Å². The number of ether oxygens (including phenoxy) is 1. The molecule has 28 heavy (non-hydrogen) atoms.